The number of rotatable bonds is 4. The Hall–Kier alpha value is -4.01. The maximum absolute atomic E-state index is 6.14. The van der Waals surface area contributed by atoms with E-state index in [4.69, 9.17) is 8.83 Å². The number of hydrogen-bond donors (Lipinski definition) is 0. The van der Waals surface area contributed by atoms with Crippen LogP contribution in [-0.2, 0) is 35.1 Å². The third-order valence-corrected chi connectivity index (χ3v) is 11.8. The van der Waals surface area contributed by atoms with E-state index in [-0.39, 0.29) is 35.6 Å². The molecule has 6 aromatic carbocycles. The molecule has 0 bridgehead atoms. The van der Waals surface area contributed by atoms with Gasteiger partial charge in [-0.2, -0.15) is 0 Å². The van der Waals surface area contributed by atoms with Gasteiger partial charge in [0.2, 0.25) is 0 Å². The second kappa shape index (κ2) is 18.3. The Morgan fingerprint density at radius 1 is 0.509 bits per heavy atom. The molecule has 1 fully saturated rings. The Bertz CT molecular complexity index is 2390. The average Bonchev–Trinajstić information content (AvgIpc) is 3.97. The Kier molecular flexibility index (Phi) is 14.1. The van der Waals surface area contributed by atoms with Gasteiger partial charge in [0, 0.05) is 10.8 Å². The second-order valence-corrected chi connectivity index (χ2v) is 18.8. The zero-order valence-corrected chi connectivity index (χ0v) is 38.4. The molecular weight excluding hydrogens is 819 g/mol. The fraction of sp³-hybridized carbons (Fsp3) is 0.250. The Balaban J connectivity index is 0.000000188. The number of aryl methyl sites for hydroxylation is 2. The van der Waals surface area contributed by atoms with Crippen LogP contribution < -0.4 is 24.8 Å². The summed E-state index contributed by atoms with van der Waals surface area (Å²) in [4.78, 5) is 0. The van der Waals surface area contributed by atoms with E-state index < -0.39 is 0 Å². The maximum atomic E-state index is 6.14. The number of furan rings is 2. The molecule has 2 nitrogen and oxygen atoms in total. The van der Waals surface area contributed by atoms with Crippen LogP contribution in [0.2, 0.25) is 0 Å². The summed E-state index contributed by atoms with van der Waals surface area (Å²) in [6, 6.07) is 47.4. The van der Waals surface area contributed by atoms with Crippen molar-refractivity contribution in [1.29, 1.82) is 0 Å². The molecule has 0 unspecified atom stereocenters. The van der Waals surface area contributed by atoms with E-state index in [0.29, 0.717) is 0 Å². The summed E-state index contributed by atoms with van der Waals surface area (Å²) >= 11 is 1.67. The number of halogens is 2. The van der Waals surface area contributed by atoms with Crippen LogP contribution in [0.15, 0.2) is 142 Å². The van der Waals surface area contributed by atoms with Crippen molar-refractivity contribution in [2.75, 3.05) is 0 Å². The monoisotopic (exact) mass is 868 g/mol. The van der Waals surface area contributed by atoms with Crippen molar-refractivity contribution in [2.24, 2.45) is 0 Å². The van der Waals surface area contributed by atoms with E-state index in [9.17, 15) is 0 Å². The van der Waals surface area contributed by atoms with Crippen LogP contribution in [-0.4, -0.2) is 3.21 Å². The molecule has 0 atom stereocenters. The number of hydrogen-bond acceptors (Lipinski definition) is 2. The van der Waals surface area contributed by atoms with E-state index in [1.54, 1.807) is 27.4 Å². The summed E-state index contributed by atoms with van der Waals surface area (Å²) in [5.41, 5.74) is 10.1. The molecule has 2 heterocycles. The molecule has 0 aliphatic heterocycles. The summed E-state index contributed by atoms with van der Waals surface area (Å²) in [5.74, 6) is 3.93. The summed E-state index contributed by atoms with van der Waals surface area (Å²) in [6.07, 6.45) is 4.36. The second-order valence-electron chi connectivity index (χ2n) is 17.0. The van der Waals surface area contributed by atoms with Crippen LogP contribution in [0.5, 0.6) is 0 Å². The first-order valence-corrected chi connectivity index (χ1v) is 20.8. The van der Waals surface area contributed by atoms with Crippen molar-refractivity contribution in [3.63, 3.8) is 0 Å². The summed E-state index contributed by atoms with van der Waals surface area (Å²) in [5, 5.41) is 5.09. The minimum atomic E-state index is 0. The van der Waals surface area contributed by atoms with Gasteiger partial charge in [-0.3, -0.25) is 0 Å². The number of benzene rings is 4. The van der Waals surface area contributed by atoms with Crippen LogP contribution in [0, 0.1) is 13.8 Å². The third-order valence-electron chi connectivity index (χ3n) is 10.5. The molecule has 0 saturated heterocycles. The molecule has 1 saturated carbocycles. The average molecular weight is 871 g/mol. The molecule has 0 spiro atoms. The van der Waals surface area contributed by atoms with Crippen molar-refractivity contribution < 1.29 is 57.9 Å². The van der Waals surface area contributed by atoms with Crippen LogP contribution >= 0.6 is 0 Å². The molecule has 0 radical (unpaired) electrons. The van der Waals surface area contributed by atoms with Gasteiger partial charge in [0.15, 0.2) is 0 Å². The molecule has 9 rings (SSSR count). The Morgan fingerprint density at radius 2 is 0.877 bits per heavy atom. The third kappa shape index (κ3) is 10.0. The molecule has 2 aromatic heterocycles. The van der Waals surface area contributed by atoms with E-state index >= 15 is 0 Å². The molecule has 8 aromatic rings. The standard InChI is InChI=1S/2C24H23O.C4H6.2ClH.Zr/c2*1-16-10-11-18-14-19(21-12-13-22(25-21)24(2,3)4)15-20(18)23(16)17-8-6-5-7-9-17;1-2-4-3-1;;;/h2*5-15H,1-4H3;1-3H2;2*1H;/q2*-1;;;;+2/p-2. The van der Waals surface area contributed by atoms with E-state index in [0.717, 1.165) is 34.2 Å². The van der Waals surface area contributed by atoms with Gasteiger partial charge in [0.05, 0.1) is 23.0 Å². The Morgan fingerprint density at radius 3 is 1.18 bits per heavy atom. The van der Waals surface area contributed by atoms with Gasteiger partial charge in [-0.25, -0.2) is 0 Å². The predicted octanol–water partition coefficient (Wildman–Crippen LogP) is 9.08. The Labute approximate surface area is 366 Å². The van der Waals surface area contributed by atoms with Crippen LogP contribution in [0.25, 0.3) is 66.4 Å². The molecule has 1 aliphatic rings. The van der Waals surface area contributed by atoms with E-state index in [1.807, 2.05) is 0 Å². The van der Waals surface area contributed by atoms with Gasteiger partial charge in [-0.05, 0) is 60.4 Å². The summed E-state index contributed by atoms with van der Waals surface area (Å²) in [7, 11) is 0. The van der Waals surface area contributed by atoms with Gasteiger partial charge < -0.3 is 33.6 Å². The zero-order valence-electron chi connectivity index (χ0n) is 34.4. The zero-order chi connectivity index (χ0) is 38.9. The summed E-state index contributed by atoms with van der Waals surface area (Å²) < 4.78 is 14.1. The molecule has 0 amide bonds. The van der Waals surface area contributed by atoms with E-state index in [1.165, 1.54) is 74.2 Å². The molecule has 57 heavy (non-hydrogen) atoms. The predicted molar refractivity (Wildman–Crippen MR) is 231 cm³/mol. The van der Waals surface area contributed by atoms with Gasteiger partial charge in [-0.15, -0.1) is 57.9 Å². The van der Waals surface area contributed by atoms with Crippen LogP contribution in [0.1, 0.15) is 83.5 Å². The van der Waals surface area contributed by atoms with E-state index in [2.05, 4.69) is 189 Å². The molecule has 5 heteroatoms. The van der Waals surface area contributed by atoms with Crippen molar-refractivity contribution in [2.45, 2.75) is 85.5 Å². The molecule has 0 N–H and O–H groups in total. The van der Waals surface area contributed by atoms with Crippen molar-refractivity contribution >= 4 is 24.8 Å². The summed E-state index contributed by atoms with van der Waals surface area (Å²) in [6.45, 7) is 17.4. The van der Waals surface area contributed by atoms with Crippen molar-refractivity contribution in [3.8, 4) is 44.9 Å². The molecule has 1 aliphatic carbocycles. The minimum absolute atomic E-state index is 0. The first-order valence-electron chi connectivity index (χ1n) is 19.5. The number of fused-ring (bicyclic) bond motifs is 2. The SMILES string of the molecule is Cc1ccc2[cH-]c(-c3ccc(C(C)(C)C)o3)cc2c1-c1ccccc1.Cc1ccc2[cH-]c(-c3ccc(C(C)(C)C)o3)cc2c1-c1ccccc1.[Cl-].[Cl-].[Zr+2]=[C]1CCC1. The first kappa shape index (κ1) is 44.1. The first-order chi connectivity index (χ1) is 26.3. The van der Waals surface area contributed by atoms with Crippen molar-refractivity contribution in [3.05, 3.63) is 156 Å². The molecular formula is C52H52Cl2O2Zr-2. The van der Waals surface area contributed by atoms with Crippen LogP contribution in [0.3, 0.4) is 0 Å². The topological polar surface area (TPSA) is 26.3 Å². The van der Waals surface area contributed by atoms with Gasteiger partial charge in [0.25, 0.3) is 0 Å². The molecule has 292 valence electrons. The van der Waals surface area contributed by atoms with Gasteiger partial charge >= 0.3 is 46.7 Å². The quantitative estimate of drug-likeness (QED) is 0.165. The van der Waals surface area contributed by atoms with Gasteiger partial charge in [0.1, 0.15) is 0 Å². The normalized spacial score (nSPS) is 12.5. The fourth-order valence-electron chi connectivity index (χ4n) is 7.19. The van der Waals surface area contributed by atoms with Gasteiger partial charge in [-0.1, -0.05) is 137 Å². The van der Waals surface area contributed by atoms with Crippen LogP contribution in [0.4, 0.5) is 0 Å². The van der Waals surface area contributed by atoms with Crippen molar-refractivity contribution in [1.82, 2.24) is 0 Å². The fourth-order valence-corrected chi connectivity index (χ4v) is 8.06.